The number of rotatable bonds is 9. The summed E-state index contributed by atoms with van der Waals surface area (Å²) in [6.45, 7) is 2.13. The topological polar surface area (TPSA) is 123 Å². The van der Waals surface area contributed by atoms with Crippen LogP contribution in [-0.2, 0) is 4.79 Å². The fourth-order valence-corrected chi connectivity index (χ4v) is 5.24. The molecule has 1 aliphatic heterocycles. The minimum Gasteiger partial charge on any atom is -0.396 e. The van der Waals surface area contributed by atoms with Gasteiger partial charge in [-0.15, -0.1) is 0 Å². The van der Waals surface area contributed by atoms with Gasteiger partial charge in [-0.25, -0.2) is 4.98 Å². The molecule has 2 fully saturated rings. The smallest absolute Gasteiger partial charge is 0.238 e. The number of anilines is 3. The molecule has 0 spiro atoms. The summed E-state index contributed by atoms with van der Waals surface area (Å²) in [5, 5.41) is 23.7. The van der Waals surface area contributed by atoms with Crippen LogP contribution in [-0.4, -0.2) is 66.7 Å². The molecule has 1 amide bonds. The van der Waals surface area contributed by atoms with Gasteiger partial charge in [0.25, 0.3) is 0 Å². The lowest BCUT2D eigenvalue weighted by Gasteiger charge is -2.15. The number of carbonyl (C=O) groups is 1. The molecule has 0 bridgehead atoms. The van der Waals surface area contributed by atoms with Crippen LogP contribution in [0.1, 0.15) is 30.9 Å². The molecular formula is C25H28N8O2S. The fraction of sp³-hybridized carbons (Fsp3) is 0.360. The van der Waals surface area contributed by atoms with Gasteiger partial charge in [-0.3, -0.25) is 19.2 Å². The third-order valence-corrected chi connectivity index (χ3v) is 7.44. The van der Waals surface area contributed by atoms with Gasteiger partial charge in [-0.2, -0.15) is 10.1 Å². The number of nitrogens with zero attached hydrogens (tertiary/aromatic N) is 5. The zero-order valence-electron chi connectivity index (χ0n) is 19.7. The SMILES string of the molecule is O=C(CN1CCC(CO)C1)Nc1ccc(Sc2nc(Nc3cc(C4CC4)[nH]n3)n3cccc3n2)cc1. The maximum Gasteiger partial charge on any atom is 0.238 e. The van der Waals surface area contributed by atoms with E-state index in [1.165, 1.54) is 24.6 Å². The highest BCUT2D eigenvalue weighted by atomic mass is 32.2. The molecule has 1 unspecified atom stereocenters. The van der Waals surface area contributed by atoms with E-state index in [1.807, 2.05) is 53.1 Å². The van der Waals surface area contributed by atoms with Crippen molar-refractivity contribution in [1.29, 1.82) is 0 Å². The second-order valence-corrected chi connectivity index (χ2v) is 10.5. The van der Waals surface area contributed by atoms with E-state index in [0.717, 1.165) is 47.3 Å². The van der Waals surface area contributed by atoms with Crippen LogP contribution in [0.2, 0.25) is 0 Å². The zero-order chi connectivity index (χ0) is 24.5. The van der Waals surface area contributed by atoms with Crippen molar-refractivity contribution in [3.8, 4) is 0 Å². The molecule has 4 heterocycles. The molecule has 4 aromatic rings. The Morgan fingerprint density at radius 2 is 2.03 bits per heavy atom. The van der Waals surface area contributed by atoms with Gasteiger partial charge in [0, 0.05) is 47.6 Å². The molecular weight excluding hydrogens is 476 g/mol. The third-order valence-electron chi connectivity index (χ3n) is 6.56. The number of aliphatic hydroxyl groups is 1. The van der Waals surface area contributed by atoms with Crippen molar-refractivity contribution in [2.75, 3.05) is 36.9 Å². The second-order valence-electron chi connectivity index (χ2n) is 9.42. The van der Waals surface area contributed by atoms with Crippen molar-refractivity contribution in [3.63, 3.8) is 0 Å². The number of hydrogen-bond acceptors (Lipinski definition) is 8. The first-order valence-corrected chi connectivity index (χ1v) is 13.0. The van der Waals surface area contributed by atoms with Crippen LogP contribution in [0.4, 0.5) is 17.5 Å². The van der Waals surface area contributed by atoms with Crippen LogP contribution in [0.3, 0.4) is 0 Å². The summed E-state index contributed by atoms with van der Waals surface area (Å²) in [5.41, 5.74) is 2.70. The summed E-state index contributed by atoms with van der Waals surface area (Å²) in [6, 6.07) is 13.6. The second kappa shape index (κ2) is 9.92. The molecule has 10 nitrogen and oxygen atoms in total. The maximum atomic E-state index is 12.4. The Morgan fingerprint density at radius 1 is 1.17 bits per heavy atom. The summed E-state index contributed by atoms with van der Waals surface area (Å²) in [6.07, 6.45) is 5.28. The summed E-state index contributed by atoms with van der Waals surface area (Å²) in [4.78, 5) is 24.9. The van der Waals surface area contributed by atoms with Gasteiger partial charge < -0.3 is 15.7 Å². The number of aromatic amines is 1. The number of fused-ring (bicyclic) bond motifs is 1. The summed E-state index contributed by atoms with van der Waals surface area (Å²) in [7, 11) is 0. The first kappa shape index (κ1) is 23.0. The predicted octanol–water partition coefficient (Wildman–Crippen LogP) is 3.48. The van der Waals surface area contributed by atoms with Gasteiger partial charge in [-0.05, 0) is 79.9 Å². The Morgan fingerprint density at radius 3 is 2.81 bits per heavy atom. The van der Waals surface area contributed by atoms with Gasteiger partial charge in [-0.1, -0.05) is 0 Å². The molecule has 4 N–H and O–H groups in total. The van der Waals surface area contributed by atoms with Crippen LogP contribution in [0.5, 0.6) is 0 Å². The molecule has 1 atom stereocenters. The van der Waals surface area contributed by atoms with E-state index in [0.29, 0.717) is 23.6 Å². The molecule has 6 rings (SSSR count). The fourth-order valence-electron chi connectivity index (χ4n) is 4.48. The van der Waals surface area contributed by atoms with E-state index < -0.39 is 0 Å². The predicted molar refractivity (Wildman–Crippen MR) is 138 cm³/mol. The van der Waals surface area contributed by atoms with Gasteiger partial charge in [0.05, 0.1) is 6.54 Å². The number of likely N-dealkylation sites (tertiary alicyclic amines) is 1. The molecule has 186 valence electrons. The summed E-state index contributed by atoms with van der Waals surface area (Å²) < 4.78 is 1.90. The number of carbonyl (C=O) groups excluding carboxylic acids is 1. The average Bonchev–Trinajstić information content (AvgIpc) is 3.23. The molecule has 0 radical (unpaired) electrons. The highest BCUT2D eigenvalue weighted by Gasteiger charge is 2.26. The minimum atomic E-state index is -0.0464. The number of aliphatic hydroxyl groups excluding tert-OH is 1. The van der Waals surface area contributed by atoms with E-state index >= 15 is 0 Å². The Labute approximate surface area is 212 Å². The number of amides is 1. The highest BCUT2D eigenvalue weighted by molar-refractivity contribution is 7.99. The van der Waals surface area contributed by atoms with Crippen molar-refractivity contribution in [2.24, 2.45) is 5.92 Å². The molecule has 1 saturated carbocycles. The Bertz CT molecular complexity index is 1360. The normalized spacial score (nSPS) is 18.1. The van der Waals surface area contributed by atoms with Gasteiger partial charge >= 0.3 is 0 Å². The maximum absolute atomic E-state index is 12.4. The van der Waals surface area contributed by atoms with Gasteiger partial charge in [0.15, 0.2) is 11.0 Å². The molecule has 1 saturated heterocycles. The standard InChI is InChI=1S/C25H28N8O2S/c34-15-16-9-11-32(13-16)14-23(35)26-18-5-7-19(8-6-18)36-25-28-22-2-1-10-33(22)24(29-25)27-21-12-20(30-31-21)17-3-4-17/h1-2,5-8,10,12,16-17,34H,3-4,9,11,13-15H2,(H,26,35)(H2,27,28,29,30,31). The third kappa shape index (κ3) is 5.23. The highest BCUT2D eigenvalue weighted by Crippen LogP contribution is 2.39. The van der Waals surface area contributed by atoms with E-state index in [4.69, 9.17) is 4.98 Å². The number of hydrogen-bond donors (Lipinski definition) is 4. The van der Waals surface area contributed by atoms with Crippen molar-refractivity contribution < 1.29 is 9.90 Å². The van der Waals surface area contributed by atoms with Crippen LogP contribution in [0, 0.1) is 5.92 Å². The quantitative estimate of drug-likeness (QED) is 0.273. The first-order valence-electron chi connectivity index (χ1n) is 12.2. The molecule has 2 aliphatic rings. The van der Waals surface area contributed by atoms with Crippen molar-refractivity contribution in [3.05, 3.63) is 54.4 Å². The van der Waals surface area contributed by atoms with E-state index in [1.54, 1.807) is 0 Å². The average molecular weight is 505 g/mol. The minimum absolute atomic E-state index is 0.0464. The monoisotopic (exact) mass is 504 g/mol. The first-order chi connectivity index (χ1) is 17.6. The van der Waals surface area contributed by atoms with Crippen molar-refractivity contribution in [2.45, 2.75) is 35.2 Å². The van der Waals surface area contributed by atoms with Crippen molar-refractivity contribution in [1.82, 2.24) is 29.5 Å². The molecule has 1 aromatic carbocycles. The molecule has 11 heteroatoms. The van der Waals surface area contributed by atoms with Gasteiger partial charge in [0.1, 0.15) is 5.65 Å². The van der Waals surface area contributed by atoms with Gasteiger partial charge in [0.2, 0.25) is 11.9 Å². The van der Waals surface area contributed by atoms with E-state index in [9.17, 15) is 9.90 Å². The Hall–Kier alpha value is -3.41. The Balaban J connectivity index is 1.11. The molecule has 36 heavy (non-hydrogen) atoms. The summed E-state index contributed by atoms with van der Waals surface area (Å²) >= 11 is 1.46. The van der Waals surface area contributed by atoms with Crippen LogP contribution < -0.4 is 10.6 Å². The van der Waals surface area contributed by atoms with Crippen LogP contribution in [0.25, 0.3) is 5.65 Å². The lowest BCUT2D eigenvalue weighted by atomic mass is 10.1. The van der Waals surface area contributed by atoms with Crippen molar-refractivity contribution >= 4 is 40.8 Å². The zero-order valence-corrected chi connectivity index (χ0v) is 20.5. The van der Waals surface area contributed by atoms with E-state index in [2.05, 4.69) is 30.7 Å². The lowest BCUT2D eigenvalue weighted by molar-refractivity contribution is -0.117. The number of H-pyrrole nitrogens is 1. The Kier molecular flexibility index (Phi) is 6.34. The van der Waals surface area contributed by atoms with E-state index in [-0.39, 0.29) is 18.4 Å². The van der Waals surface area contributed by atoms with Crippen LogP contribution in [0.15, 0.2) is 58.7 Å². The molecule has 3 aromatic heterocycles. The summed E-state index contributed by atoms with van der Waals surface area (Å²) in [5.74, 6) is 2.22. The largest absolute Gasteiger partial charge is 0.396 e. The number of nitrogens with one attached hydrogen (secondary N) is 3. The number of aromatic nitrogens is 5. The molecule has 1 aliphatic carbocycles. The number of benzene rings is 1. The van der Waals surface area contributed by atoms with Crippen LogP contribution >= 0.6 is 11.8 Å². The lowest BCUT2D eigenvalue weighted by Crippen LogP contribution is -2.31.